The summed E-state index contributed by atoms with van der Waals surface area (Å²) in [6.45, 7) is 0.558. The first-order valence-corrected chi connectivity index (χ1v) is 5.26. The number of hydrogen-bond donors (Lipinski definition) is 0. The fourth-order valence-corrected chi connectivity index (χ4v) is 1.99. The zero-order chi connectivity index (χ0) is 9.80. The van der Waals surface area contributed by atoms with Crippen LogP contribution in [0.4, 0.5) is 0 Å². The molecule has 0 bridgehead atoms. The summed E-state index contributed by atoms with van der Waals surface area (Å²) >= 11 is 0. The fourth-order valence-electron chi connectivity index (χ4n) is 1.99. The fraction of sp³-hybridized carbons (Fsp3) is 0.636. The van der Waals surface area contributed by atoms with Gasteiger partial charge in [0.1, 0.15) is 6.54 Å². The average Bonchev–Trinajstić information content (AvgIpc) is 2.48. The third-order valence-electron chi connectivity index (χ3n) is 2.74. The molecule has 0 unspecified atom stereocenters. The van der Waals surface area contributed by atoms with Crippen LogP contribution >= 0.6 is 0 Å². The third kappa shape index (κ3) is 1.79. The molecule has 0 saturated carbocycles. The first kappa shape index (κ1) is 9.26. The molecule has 3 heteroatoms. The van der Waals surface area contributed by atoms with Gasteiger partial charge in [0.2, 0.25) is 0 Å². The Labute approximate surface area is 84.5 Å². The number of terminal acetylenes is 1. The Kier molecular flexibility index (Phi) is 2.83. The minimum Gasteiger partial charge on any atom is -0.237 e. The number of fused-ring (bicyclic) bond motifs is 1. The molecule has 74 valence electrons. The zero-order valence-electron chi connectivity index (χ0n) is 8.37. The lowest BCUT2D eigenvalue weighted by Crippen LogP contribution is -2.06. The van der Waals surface area contributed by atoms with E-state index in [1.165, 1.54) is 37.1 Å². The van der Waals surface area contributed by atoms with E-state index in [9.17, 15) is 0 Å². The highest BCUT2D eigenvalue weighted by Crippen LogP contribution is 2.17. The van der Waals surface area contributed by atoms with Gasteiger partial charge < -0.3 is 0 Å². The Hall–Kier alpha value is -1.30. The highest BCUT2D eigenvalue weighted by Gasteiger charge is 2.13. The Morgan fingerprint density at radius 1 is 1.21 bits per heavy atom. The molecule has 0 aromatic carbocycles. The number of nitrogens with zero attached hydrogens (tertiary/aromatic N) is 3. The summed E-state index contributed by atoms with van der Waals surface area (Å²) in [5.74, 6) is 2.62. The molecule has 0 radical (unpaired) electrons. The van der Waals surface area contributed by atoms with Gasteiger partial charge in [-0.05, 0) is 25.7 Å². The van der Waals surface area contributed by atoms with E-state index in [1.807, 2.05) is 4.68 Å². The van der Waals surface area contributed by atoms with E-state index in [0.29, 0.717) is 6.54 Å². The molecule has 14 heavy (non-hydrogen) atoms. The molecule has 0 N–H and O–H groups in total. The van der Waals surface area contributed by atoms with Crippen LogP contribution in [0.1, 0.15) is 37.1 Å². The van der Waals surface area contributed by atoms with Gasteiger partial charge in [-0.1, -0.05) is 24.0 Å². The van der Waals surface area contributed by atoms with Crippen molar-refractivity contribution in [2.24, 2.45) is 0 Å². The SMILES string of the molecule is C#CCn1nnc2c1CCCCCC2. The van der Waals surface area contributed by atoms with Crippen LogP contribution in [0.2, 0.25) is 0 Å². The first-order valence-electron chi connectivity index (χ1n) is 5.26. The van der Waals surface area contributed by atoms with E-state index < -0.39 is 0 Å². The van der Waals surface area contributed by atoms with Gasteiger partial charge in [0.05, 0.1) is 11.4 Å². The Balaban J connectivity index is 2.24. The predicted molar refractivity (Wildman–Crippen MR) is 54.7 cm³/mol. The van der Waals surface area contributed by atoms with Gasteiger partial charge in [-0.3, -0.25) is 0 Å². The summed E-state index contributed by atoms with van der Waals surface area (Å²) < 4.78 is 1.88. The molecule has 1 aliphatic carbocycles. The van der Waals surface area contributed by atoms with Gasteiger partial charge in [-0.25, -0.2) is 4.68 Å². The highest BCUT2D eigenvalue weighted by atomic mass is 15.4. The summed E-state index contributed by atoms with van der Waals surface area (Å²) in [6, 6.07) is 0. The van der Waals surface area contributed by atoms with E-state index in [2.05, 4.69) is 16.2 Å². The summed E-state index contributed by atoms with van der Waals surface area (Å²) in [5, 5.41) is 8.29. The Bertz CT molecular complexity index is 346. The van der Waals surface area contributed by atoms with Gasteiger partial charge in [-0.15, -0.1) is 11.5 Å². The molecule has 1 aliphatic rings. The molecular weight excluding hydrogens is 174 g/mol. The summed E-state index contributed by atoms with van der Waals surface area (Å²) in [4.78, 5) is 0. The molecular formula is C11H15N3. The monoisotopic (exact) mass is 189 g/mol. The second-order valence-electron chi connectivity index (χ2n) is 3.76. The van der Waals surface area contributed by atoms with Crippen LogP contribution in [-0.2, 0) is 19.4 Å². The third-order valence-corrected chi connectivity index (χ3v) is 2.74. The molecule has 1 heterocycles. The minimum atomic E-state index is 0.558. The van der Waals surface area contributed by atoms with Crippen molar-refractivity contribution in [1.82, 2.24) is 15.0 Å². The molecule has 1 aromatic rings. The lowest BCUT2D eigenvalue weighted by molar-refractivity contribution is 0.581. The second kappa shape index (κ2) is 4.28. The molecule has 0 aliphatic heterocycles. The number of aryl methyl sites for hydroxylation is 1. The van der Waals surface area contributed by atoms with Crippen LogP contribution in [-0.4, -0.2) is 15.0 Å². The maximum absolute atomic E-state index is 5.28. The Morgan fingerprint density at radius 3 is 2.79 bits per heavy atom. The molecule has 1 aromatic heterocycles. The van der Waals surface area contributed by atoms with Crippen LogP contribution < -0.4 is 0 Å². The molecule has 0 fully saturated rings. The van der Waals surface area contributed by atoms with E-state index in [-0.39, 0.29) is 0 Å². The van der Waals surface area contributed by atoms with E-state index in [0.717, 1.165) is 12.8 Å². The van der Waals surface area contributed by atoms with Crippen molar-refractivity contribution in [2.45, 2.75) is 45.1 Å². The van der Waals surface area contributed by atoms with Gasteiger partial charge in [-0.2, -0.15) is 0 Å². The van der Waals surface area contributed by atoms with Crippen LogP contribution in [0.25, 0.3) is 0 Å². The maximum Gasteiger partial charge on any atom is 0.103 e. The molecule has 0 atom stereocenters. The second-order valence-corrected chi connectivity index (χ2v) is 3.76. The summed E-state index contributed by atoms with van der Waals surface area (Å²) in [6.07, 6.45) is 12.6. The smallest absolute Gasteiger partial charge is 0.103 e. The lowest BCUT2D eigenvalue weighted by Gasteiger charge is -2.09. The van der Waals surface area contributed by atoms with Gasteiger partial charge in [0.25, 0.3) is 0 Å². The van der Waals surface area contributed by atoms with Crippen molar-refractivity contribution >= 4 is 0 Å². The molecule has 0 saturated heterocycles. The maximum atomic E-state index is 5.28. The van der Waals surface area contributed by atoms with Crippen molar-refractivity contribution in [3.63, 3.8) is 0 Å². The van der Waals surface area contributed by atoms with Crippen LogP contribution in [0.3, 0.4) is 0 Å². The highest BCUT2D eigenvalue weighted by molar-refractivity contribution is 5.12. The predicted octanol–water partition coefficient (Wildman–Crippen LogP) is 1.57. The van der Waals surface area contributed by atoms with Crippen molar-refractivity contribution in [3.8, 4) is 12.3 Å². The van der Waals surface area contributed by atoms with Crippen molar-refractivity contribution in [2.75, 3.05) is 0 Å². The van der Waals surface area contributed by atoms with Crippen LogP contribution in [0, 0.1) is 12.3 Å². The van der Waals surface area contributed by atoms with E-state index >= 15 is 0 Å². The van der Waals surface area contributed by atoms with Crippen molar-refractivity contribution in [3.05, 3.63) is 11.4 Å². The number of aromatic nitrogens is 3. The van der Waals surface area contributed by atoms with Gasteiger partial charge in [0.15, 0.2) is 0 Å². The van der Waals surface area contributed by atoms with Crippen molar-refractivity contribution < 1.29 is 0 Å². The average molecular weight is 189 g/mol. The molecule has 0 spiro atoms. The molecule has 0 amide bonds. The van der Waals surface area contributed by atoms with Crippen LogP contribution in [0.5, 0.6) is 0 Å². The van der Waals surface area contributed by atoms with E-state index in [4.69, 9.17) is 6.42 Å². The topological polar surface area (TPSA) is 30.7 Å². The quantitative estimate of drug-likeness (QED) is 0.628. The first-order chi connectivity index (χ1) is 6.92. The lowest BCUT2D eigenvalue weighted by atomic mass is 10.0. The largest absolute Gasteiger partial charge is 0.237 e. The minimum absolute atomic E-state index is 0.558. The summed E-state index contributed by atoms with van der Waals surface area (Å²) in [5.41, 5.74) is 2.43. The van der Waals surface area contributed by atoms with E-state index in [1.54, 1.807) is 0 Å². The normalized spacial score (nSPS) is 16.5. The Morgan fingerprint density at radius 2 is 2.00 bits per heavy atom. The van der Waals surface area contributed by atoms with Gasteiger partial charge >= 0.3 is 0 Å². The number of hydrogen-bond acceptors (Lipinski definition) is 2. The van der Waals surface area contributed by atoms with Gasteiger partial charge in [0, 0.05) is 0 Å². The summed E-state index contributed by atoms with van der Waals surface area (Å²) in [7, 11) is 0. The molecule has 2 rings (SSSR count). The van der Waals surface area contributed by atoms with Crippen molar-refractivity contribution in [1.29, 1.82) is 0 Å². The number of rotatable bonds is 1. The standard InChI is InChI=1S/C11H15N3/c1-2-9-14-11-8-6-4-3-5-7-10(11)12-13-14/h1H,3-9H2. The zero-order valence-corrected chi connectivity index (χ0v) is 8.37. The van der Waals surface area contributed by atoms with Crippen LogP contribution in [0.15, 0.2) is 0 Å². The molecule has 3 nitrogen and oxygen atoms in total.